The Labute approximate surface area is 313 Å². The quantitative estimate of drug-likeness (QED) is 0.374. The summed E-state index contributed by atoms with van der Waals surface area (Å²) in [6, 6.07) is 14.7. The van der Waals surface area contributed by atoms with Crippen LogP contribution >= 0.6 is 24.6 Å². The van der Waals surface area contributed by atoms with E-state index in [0.717, 1.165) is 23.6 Å². The number of sulfone groups is 2. The highest BCUT2D eigenvalue weighted by Crippen LogP contribution is 2.27. The summed E-state index contributed by atoms with van der Waals surface area (Å²) in [6.07, 6.45) is -3.31. The van der Waals surface area contributed by atoms with E-state index in [1.165, 1.54) is 4.90 Å². The second-order valence-corrected chi connectivity index (χ2v) is 17.6. The lowest BCUT2D eigenvalue weighted by molar-refractivity contribution is 0.141. The van der Waals surface area contributed by atoms with Crippen LogP contribution in [0.5, 0.6) is 0 Å². The van der Waals surface area contributed by atoms with E-state index in [1.807, 2.05) is 41.3 Å². The summed E-state index contributed by atoms with van der Waals surface area (Å²) < 4.78 is 82.0. The summed E-state index contributed by atoms with van der Waals surface area (Å²) in [5, 5.41) is 2.40. The van der Waals surface area contributed by atoms with Gasteiger partial charge in [0.2, 0.25) is 0 Å². The van der Waals surface area contributed by atoms with Gasteiger partial charge in [-0.25, -0.2) is 35.2 Å². The van der Waals surface area contributed by atoms with E-state index < -0.39 is 43.3 Å². The number of alkyl halides is 2. The molecule has 0 saturated carbocycles. The van der Waals surface area contributed by atoms with E-state index in [9.17, 15) is 35.2 Å². The van der Waals surface area contributed by atoms with Crippen LogP contribution in [0.15, 0.2) is 48.5 Å². The van der Waals surface area contributed by atoms with Crippen molar-refractivity contribution in [3.05, 3.63) is 48.5 Å². The number of hydrogen-bond acceptors (Lipinski definition) is 12. The maximum Gasteiger partial charge on any atom is 0.414 e. The molecule has 288 valence electrons. The standard InChI is InChI=1S/C17H21F2N3O4S2.C15H21N3O4S.ClH/c18-15(19)16(27)20-10-14-11-22(17(23)26-14)13-4-2-12(3-5-13)21-6-1-8-28(24,25)9-7-21;16-10-14-11-18(15(19)22-14)13-4-2-12(3-5-13)17-6-1-8-23(20,21)9-7-17;/h2-5,14-15H,1,6-11H2,(H,20,27);2-5,14H,1,6-11,16H2;1H/t2*14-;/m00./s1. The van der Waals surface area contributed by atoms with Crippen LogP contribution in [0.25, 0.3) is 0 Å². The lowest BCUT2D eigenvalue weighted by Gasteiger charge is -2.23. The maximum atomic E-state index is 12.4. The van der Waals surface area contributed by atoms with Crippen molar-refractivity contribution >= 4 is 84.2 Å². The van der Waals surface area contributed by atoms with Crippen LogP contribution in [-0.2, 0) is 29.1 Å². The molecule has 0 aliphatic carbocycles. The molecule has 4 fully saturated rings. The van der Waals surface area contributed by atoms with Gasteiger partial charge in [0.15, 0.2) is 19.7 Å². The van der Waals surface area contributed by atoms with Crippen molar-refractivity contribution in [3.63, 3.8) is 0 Å². The molecule has 3 N–H and O–H groups in total. The number of ether oxygens (including phenoxy) is 2. The van der Waals surface area contributed by atoms with Gasteiger partial charge in [0, 0.05) is 55.5 Å². The Morgan fingerprint density at radius 2 is 1.13 bits per heavy atom. The second-order valence-electron chi connectivity index (χ2n) is 12.5. The smallest absolute Gasteiger partial charge is 0.414 e. The molecule has 4 aliphatic heterocycles. The summed E-state index contributed by atoms with van der Waals surface area (Å²) in [5.74, 6) is 0.765. The van der Waals surface area contributed by atoms with Crippen molar-refractivity contribution in [1.82, 2.24) is 5.32 Å². The Bertz CT molecular complexity index is 1770. The fourth-order valence-corrected chi connectivity index (χ4v) is 8.69. The maximum absolute atomic E-state index is 12.4. The highest BCUT2D eigenvalue weighted by Gasteiger charge is 2.33. The minimum atomic E-state index is -2.99. The fraction of sp³-hybridized carbons (Fsp3) is 0.531. The number of carbonyl (C=O) groups excluding carboxylic acids is 2. The zero-order valence-corrected chi connectivity index (χ0v) is 31.5. The van der Waals surface area contributed by atoms with E-state index in [-0.39, 0.29) is 60.7 Å². The first-order valence-corrected chi connectivity index (χ1v) is 20.6. The van der Waals surface area contributed by atoms with Gasteiger partial charge in [-0.05, 0) is 61.4 Å². The summed E-state index contributed by atoms with van der Waals surface area (Å²) >= 11 is 4.51. The number of rotatable bonds is 8. The second kappa shape index (κ2) is 18.0. The minimum Gasteiger partial charge on any atom is -0.443 e. The number of nitrogens with two attached hydrogens (primary N) is 1. The molecule has 2 aromatic rings. The molecular formula is C32H43ClF2N6O8S3. The molecule has 4 saturated heterocycles. The highest BCUT2D eigenvalue weighted by atomic mass is 35.5. The van der Waals surface area contributed by atoms with Crippen molar-refractivity contribution in [1.29, 1.82) is 0 Å². The van der Waals surface area contributed by atoms with E-state index in [4.69, 9.17) is 15.2 Å². The van der Waals surface area contributed by atoms with Crippen molar-refractivity contribution < 1.29 is 44.7 Å². The minimum absolute atomic E-state index is 0. The molecule has 2 atom stereocenters. The molecule has 0 bridgehead atoms. The van der Waals surface area contributed by atoms with Crippen LogP contribution in [0, 0.1) is 0 Å². The first kappa shape index (κ1) is 41.2. The lowest BCUT2D eigenvalue weighted by Crippen LogP contribution is -2.36. The molecule has 14 nitrogen and oxygen atoms in total. The highest BCUT2D eigenvalue weighted by molar-refractivity contribution is 7.91. The molecule has 52 heavy (non-hydrogen) atoms. The monoisotopic (exact) mass is 808 g/mol. The fourth-order valence-electron chi connectivity index (χ4n) is 6.07. The van der Waals surface area contributed by atoms with Gasteiger partial charge in [-0.3, -0.25) is 9.80 Å². The van der Waals surface area contributed by atoms with E-state index >= 15 is 0 Å². The van der Waals surface area contributed by atoms with Crippen molar-refractivity contribution in [2.45, 2.75) is 31.5 Å². The average molecular weight is 809 g/mol. The molecule has 0 radical (unpaired) electrons. The number of cyclic esters (lactones) is 2. The number of thiocarbonyl (C=S) groups is 1. The largest absolute Gasteiger partial charge is 0.443 e. The molecule has 20 heteroatoms. The van der Waals surface area contributed by atoms with E-state index in [1.54, 1.807) is 17.0 Å². The topological polar surface area (TPSA) is 172 Å². The third-order valence-electron chi connectivity index (χ3n) is 8.88. The van der Waals surface area contributed by atoms with Gasteiger partial charge in [-0.15, -0.1) is 12.4 Å². The van der Waals surface area contributed by atoms with Crippen molar-refractivity contribution in [2.24, 2.45) is 5.73 Å². The number of carbonyl (C=O) groups is 2. The van der Waals surface area contributed by atoms with Gasteiger partial charge in [-0.1, -0.05) is 12.2 Å². The van der Waals surface area contributed by atoms with Gasteiger partial charge in [0.25, 0.3) is 6.43 Å². The first-order valence-electron chi connectivity index (χ1n) is 16.6. The van der Waals surface area contributed by atoms with Crippen LogP contribution in [0.3, 0.4) is 0 Å². The number of halogens is 3. The van der Waals surface area contributed by atoms with Gasteiger partial charge in [0.05, 0.1) is 42.6 Å². The number of anilines is 4. The molecular weight excluding hydrogens is 766 g/mol. The van der Waals surface area contributed by atoms with Crippen LogP contribution in [0.2, 0.25) is 0 Å². The zero-order chi connectivity index (χ0) is 36.8. The van der Waals surface area contributed by atoms with Crippen molar-refractivity contribution in [2.75, 3.05) is 95.0 Å². The number of nitrogens with zero attached hydrogens (tertiary/aromatic N) is 4. The van der Waals surface area contributed by atoms with Gasteiger partial charge in [-0.2, -0.15) is 0 Å². The van der Waals surface area contributed by atoms with Crippen LogP contribution in [-0.4, -0.2) is 128 Å². The van der Waals surface area contributed by atoms with Crippen LogP contribution < -0.4 is 30.7 Å². The summed E-state index contributed by atoms with van der Waals surface area (Å²) in [7, 11) is -5.91. The molecule has 0 unspecified atom stereocenters. The predicted octanol–water partition coefficient (Wildman–Crippen LogP) is 2.84. The van der Waals surface area contributed by atoms with Crippen LogP contribution in [0.1, 0.15) is 12.8 Å². The Morgan fingerprint density at radius 3 is 1.54 bits per heavy atom. The third kappa shape index (κ3) is 11.0. The van der Waals surface area contributed by atoms with Gasteiger partial charge < -0.3 is 30.3 Å². The van der Waals surface area contributed by atoms with Crippen molar-refractivity contribution in [3.8, 4) is 0 Å². The van der Waals surface area contributed by atoms with Gasteiger partial charge in [0.1, 0.15) is 17.2 Å². The number of benzene rings is 2. The van der Waals surface area contributed by atoms with Gasteiger partial charge >= 0.3 is 12.2 Å². The first-order chi connectivity index (χ1) is 24.2. The van der Waals surface area contributed by atoms with E-state index in [2.05, 4.69) is 22.4 Å². The molecule has 2 aromatic carbocycles. The molecule has 4 aliphatic rings. The van der Waals surface area contributed by atoms with Crippen LogP contribution in [0.4, 0.5) is 41.1 Å². The zero-order valence-electron chi connectivity index (χ0n) is 28.3. The molecule has 2 amide bonds. The number of hydrogen-bond donors (Lipinski definition) is 2. The lowest BCUT2D eigenvalue weighted by atomic mass is 10.2. The Balaban J connectivity index is 0.000000232. The normalized spacial score (nSPS) is 22.7. The van der Waals surface area contributed by atoms with E-state index in [0.29, 0.717) is 51.3 Å². The summed E-state index contributed by atoms with van der Waals surface area (Å²) in [6.45, 7) is 3.32. The number of nitrogens with one attached hydrogen (secondary N) is 1. The molecule has 6 rings (SSSR count). The molecule has 4 heterocycles. The summed E-state index contributed by atoms with van der Waals surface area (Å²) in [4.78, 5) is 30.4. The molecule has 0 spiro atoms. The Hall–Kier alpha value is -3.52. The SMILES string of the molecule is Cl.NC[C@H]1CN(c2ccc(N3CCCS(=O)(=O)CC3)cc2)C(=O)O1.O=C1O[C@@H](CNC(=S)C(F)F)CN1c1ccc(N2CCCS(=O)(=O)CC2)cc1. The number of amides is 2. The summed E-state index contributed by atoms with van der Waals surface area (Å²) in [5.41, 5.74) is 8.77. The molecule has 0 aromatic heterocycles. The average Bonchev–Trinajstić information content (AvgIpc) is 3.54. The Morgan fingerprint density at radius 1 is 0.731 bits per heavy atom. The third-order valence-corrected chi connectivity index (χ3v) is 12.6. The predicted molar refractivity (Wildman–Crippen MR) is 202 cm³/mol. The Kier molecular flexibility index (Phi) is 14.3.